The third-order valence-electron chi connectivity index (χ3n) is 1.54. The number of aryl methyl sites for hydroxylation is 1. The summed E-state index contributed by atoms with van der Waals surface area (Å²) in [7, 11) is 0. The number of aromatic nitrogens is 1. The van der Waals surface area contributed by atoms with Crippen LogP contribution in [0.4, 0.5) is 5.13 Å². The van der Waals surface area contributed by atoms with Gasteiger partial charge < -0.3 is 10.1 Å². The van der Waals surface area contributed by atoms with Gasteiger partial charge in [0, 0.05) is 15.2 Å². The molecule has 0 fully saturated rings. The normalized spacial score (nSPS) is 10.7. The van der Waals surface area contributed by atoms with Gasteiger partial charge in [-0.05, 0) is 6.92 Å². The highest BCUT2D eigenvalue weighted by Crippen LogP contribution is 2.23. The van der Waals surface area contributed by atoms with E-state index < -0.39 is 12.9 Å². The molecule has 1 rings (SSSR count). The molecule has 1 aromatic rings. The summed E-state index contributed by atoms with van der Waals surface area (Å²) in [5.74, 6) is -0.766. The van der Waals surface area contributed by atoms with Gasteiger partial charge in [0.2, 0.25) is 5.91 Å². The highest BCUT2D eigenvalue weighted by molar-refractivity contribution is 7.15. The predicted octanol–water partition coefficient (Wildman–Crippen LogP) is 1.47. The average molecular weight is 229 g/mol. The lowest BCUT2D eigenvalue weighted by Gasteiger charge is -1.98. The van der Waals surface area contributed by atoms with E-state index in [1.807, 2.05) is 0 Å². The monoisotopic (exact) mass is 229 g/mol. The minimum absolute atomic E-state index is 0.0980. The minimum atomic E-state index is -0.575. The van der Waals surface area contributed by atoms with Crippen LogP contribution in [0.25, 0.3) is 0 Å². The van der Waals surface area contributed by atoms with Crippen LogP contribution < -0.4 is 5.32 Å². The van der Waals surface area contributed by atoms with E-state index in [1.165, 1.54) is 18.3 Å². The van der Waals surface area contributed by atoms with E-state index in [-0.39, 0.29) is 12.5 Å². The molecule has 0 saturated heterocycles. The molecule has 0 bridgehead atoms. The summed E-state index contributed by atoms with van der Waals surface area (Å²) in [5, 5.41) is 3.05. The maximum atomic E-state index is 10.8. The Labute approximate surface area is 92.9 Å². The molecule has 0 radical (unpaired) electrons. The summed E-state index contributed by atoms with van der Waals surface area (Å²) in [5.41, 5.74) is 0.714. The van der Waals surface area contributed by atoms with Gasteiger partial charge in [0.15, 0.2) is 5.13 Å². The highest BCUT2D eigenvalue weighted by atomic mass is 32.1. The van der Waals surface area contributed by atoms with Gasteiger partial charge in [-0.2, -0.15) is 0 Å². The van der Waals surface area contributed by atoms with E-state index in [4.69, 9.17) is 6.11 Å². The average Bonchev–Trinajstić information content (AvgIpc) is 2.54. The van der Waals surface area contributed by atoms with Crippen LogP contribution in [0.1, 0.15) is 25.8 Å². The molecule has 1 N–H and O–H groups in total. The second kappa shape index (κ2) is 4.88. The van der Waals surface area contributed by atoms with Gasteiger partial charge in [0.05, 0.1) is 10.6 Å². The van der Waals surface area contributed by atoms with Crippen LogP contribution in [0, 0.1) is 6.92 Å². The Bertz CT molecular complexity index is 405. The zero-order chi connectivity index (χ0) is 12.1. The van der Waals surface area contributed by atoms with Crippen molar-refractivity contribution in [3.63, 3.8) is 0 Å². The van der Waals surface area contributed by atoms with Gasteiger partial charge in [-0.3, -0.25) is 9.59 Å². The maximum absolute atomic E-state index is 10.8. The summed E-state index contributed by atoms with van der Waals surface area (Å²) in [6.45, 7) is 2.87. The summed E-state index contributed by atoms with van der Waals surface area (Å²) >= 11 is 1.26. The van der Waals surface area contributed by atoms with E-state index in [2.05, 4.69) is 10.3 Å². The number of nitrogens with zero attached hydrogens (tertiary/aromatic N) is 1. The molecule has 15 heavy (non-hydrogen) atoms. The molecule has 82 valence electrons. The molecular weight excluding hydrogens is 216 g/mol. The minimum Gasteiger partial charge on any atom is -0.460 e. The van der Waals surface area contributed by atoms with Crippen LogP contribution in [-0.4, -0.2) is 16.9 Å². The highest BCUT2D eigenvalue weighted by Gasteiger charge is 2.09. The van der Waals surface area contributed by atoms with Crippen molar-refractivity contribution in [1.29, 1.82) is 0 Å². The second-order valence-electron chi connectivity index (χ2n) is 2.87. The Morgan fingerprint density at radius 1 is 1.67 bits per heavy atom. The quantitative estimate of drug-likeness (QED) is 0.797. The summed E-state index contributed by atoms with van der Waals surface area (Å²) in [6.07, 6.45) is 0. The van der Waals surface area contributed by atoms with E-state index in [0.29, 0.717) is 10.8 Å². The fraction of sp³-hybridized carbons (Fsp3) is 0.444. The molecule has 0 saturated carbocycles. The molecule has 0 aliphatic carbocycles. The molecule has 1 amide bonds. The van der Waals surface area contributed by atoms with Crippen molar-refractivity contribution in [2.75, 3.05) is 5.32 Å². The molecular formula is C9H12N2O3S. The number of amides is 1. The van der Waals surface area contributed by atoms with Gasteiger partial charge in [0.1, 0.15) is 6.61 Å². The predicted molar refractivity (Wildman–Crippen MR) is 56.6 cm³/mol. The molecule has 6 heteroatoms. The number of anilines is 1. The largest absolute Gasteiger partial charge is 0.460 e. The molecule has 0 aromatic carbocycles. The van der Waals surface area contributed by atoms with Crippen LogP contribution in [0.2, 0.25) is 0 Å². The van der Waals surface area contributed by atoms with Gasteiger partial charge in [-0.25, -0.2) is 4.98 Å². The Morgan fingerprint density at radius 2 is 2.40 bits per heavy atom. The second-order valence-corrected chi connectivity index (χ2v) is 3.95. The van der Waals surface area contributed by atoms with Crippen LogP contribution in [-0.2, 0) is 20.9 Å². The Morgan fingerprint density at radius 3 is 3.00 bits per heavy atom. The van der Waals surface area contributed by atoms with Gasteiger partial charge in [0.25, 0.3) is 0 Å². The molecule has 0 atom stereocenters. The first kappa shape index (κ1) is 10.1. The van der Waals surface area contributed by atoms with Gasteiger partial charge in [-0.15, -0.1) is 0 Å². The lowest BCUT2D eigenvalue weighted by Crippen LogP contribution is -2.04. The Hall–Kier alpha value is -1.43. The number of hydrogen-bond acceptors (Lipinski definition) is 5. The summed E-state index contributed by atoms with van der Waals surface area (Å²) in [4.78, 5) is 26.4. The van der Waals surface area contributed by atoms with Crippen molar-refractivity contribution >= 4 is 28.3 Å². The number of nitrogens with one attached hydrogen (secondary N) is 1. The van der Waals surface area contributed by atoms with E-state index >= 15 is 0 Å². The number of carbonyl (C=O) groups excluding carboxylic acids is 2. The third-order valence-corrected chi connectivity index (χ3v) is 2.59. The van der Waals surface area contributed by atoms with Crippen molar-refractivity contribution in [3.8, 4) is 0 Å². The van der Waals surface area contributed by atoms with Crippen LogP contribution in [0.5, 0.6) is 0 Å². The number of carbonyl (C=O) groups is 2. The Kier molecular flexibility index (Phi) is 3.29. The SMILES string of the molecule is [2H]CC(=O)OCc1sc(NC(C)=O)nc1C. The van der Waals surface area contributed by atoms with E-state index in [1.54, 1.807) is 6.92 Å². The van der Waals surface area contributed by atoms with Crippen LogP contribution >= 0.6 is 11.3 Å². The zero-order valence-electron chi connectivity index (χ0n) is 9.49. The lowest BCUT2D eigenvalue weighted by molar-refractivity contribution is -0.142. The Balaban J connectivity index is 2.63. The number of ether oxygens (including phenoxy) is 1. The smallest absolute Gasteiger partial charge is 0.302 e. The first-order chi connectivity index (χ1) is 7.52. The van der Waals surface area contributed by atoms with Crippen LogP contribution in [0.15, 0.2) is 0 Å². The van der Waals surface area contributed by atoms with E-state index in [0.717, 1.165) is 4.88 Å². The lowest BCUT2D eigenvalue weighted by atomic mass is 10.4. The molecule has 1 aromatic heterocycles. The topological polar surface area (TPSA) is 68.3 Å². The summed E-state index contributed by atoms with van der Waals surface area (Å²) < 4.78 is 11.6. The zero-order valence-corrected chi connectivity index (χ0v) is 9.31. The standard InChI is InChI=1S/C9H12N2O3S/c1-5-8(4-14-7(3)13)15-9(10-5)11-6(2)12/h4H2,1-3H3,(H,10,11,12)/i3D. The van der Waals surface area contributed by atoms with E-state index in [9.17, 15) is 9.59 Å². The molecule has 0 aliphatic heterocycles. The molecule has 0 unspecified atom stereocenters. The third kappa shape index (κ3) is 3.67. The van der Waals surface area contributed by atoms with Crippen molar-refractivity contribution in [3.05, 3.63) is 10.6 Å². The van der Waals surface area contributed by atoms with Gasteiger partial charge >= 0.3 is 5.97 Å². The summed E-state index contributed by atoms with van der Waals surface area (Å²) in [6, 6.07) is 0. The number of hydrogen-bond donors (Lipinski definition) is 1. The first-order valence-corrected chi connectivity index (χ1v) is 5.03. The van der Waals surface area contributed by atoms with Gasteiger partial charge in [-0.1, -0.05) is 11.3 Å². The van der Waals surface area contributed by atoms with Crippen molar-refractivity contribution in [1.82, 2.24) is 4.98 Å². The molecule has 5 nitrogen and oxygen atoms in total. The van der Waals surface area contributed by atoms with Crippen molar-refractivity contribution in [2.24, 2.45) is 0 Å². The number of rotatable bonds is 3. The molecule has 0 aliphatic rings. The molecule has 0 spiro atoms. The van der Waals surface area contributed by atoms with Crippen LogP contribution in [0.3, 0.4) is 0 Å². The maximum Gasteiger partial charge on any atom is 0.302 e. The van der Waals surface area contributed by atoms with Crippen molar-refractivity contribution in [2.45, 2.75) is 27.4 Å². The fourth-order valence-electron chi connectivity index (χ4n) is 0.912. The fourth-order valence-corrected chi connectivity index (χ4v) is 1.83. The van der Waals surface area contributed by atoms with Crippen molar-refractivity contribution < 1.29 is 15.7 Å². The number of esters is 1. The first-order valence-electron chi connectivity index (χ1n) is 4.92. The number of thiazole rings is 1. The molecule has 1 heterocycles.